The fourth-order valence-corrected chi connectivity index (χ4v) is 9.46. The first-order chi connectivity index (χ1) is 24.9. The molecule has 1 aromatic heterocycles. The zero-order chi connectivity index (χ0) is 38.3. The summed E-state index contributed by atoms with van der Waals surface area (Å²) in [5.74, 6) is 1.03. The molecule has 0 bridgehead atoms. The van der Waals surface area contributed by atoms with Crippen LogP contribution in [-0.4, -0.2) is 84.4 Å². The number of aliphatic imine (C=N–C) groups is 1. The van der Waals surface area contributed by atoms with E-state index in [1.165, 1.54) is 0 Å². The van der Waals surface area contributed by atoms with E-state index >= 15 is 4.79 Å². The van der Waals surface area contributed by atoms with Gasteiger partial charge >= 0.3 is 12.1 Å². The summed E-state index contributed by atoms with van der Waals surface area (Å²) >= 11 is 12.8. The number of pyridine rings is 1. The lowest BCUT2D eigenvalue weighted by Crippen LogP contribution is -2.60. The van der Waals surface area contributed by atoms with Gasteiger partial charge in [-0.1, -0.05) is 68.2 Å². The van der Waals surface area contributed by atoms with Crippen LogP contribution in [-0.2, 0) is 26.3 Å². The van der Waals surface area contributed by atoms with Crippen LogP contribution in [0.15, 0.2) is 65.8 Å². The summed E-state index contributed by atoms with van der Waals surface area (Å²) in [7, 11) is -3.12. The van der Waals surface area contributed by atoms with E-state index in [-0.39, 0.29) is 29.0 Å². The number of hydrogen-bond acceptors (Lipinski definition) is 7. The molecule has 2 aromatic carbocycles. The van der Waals surface area contributed by atoms with Crippen LogP contribution in [0.1, 0.15) is 83.2 Å². The predicted molar refractivity (Wildman–Crippen MR) is 209 cm³/mol. The van der Waals surface area contributed by atoms with Crippen LogP contribution in [0.25, 0.3) is 0 Å². The third-order valence-electron chi connectivity index (χ3n) is 10.8. The van der Waals surface area contributed by atoms with Crippen molar-refractivity contribution in [3.8, 4) is 5.75 Å². The molecule has 0 aliphatic carbocycles. The van der Waals surface area contributed by atoms with Gasteiger partial charge in [0, 0.05) is 58.6 Å². The second kappa shape index (κ2) is 14.8. The van der Waals surface area contributed by atoms with Crippen LogP contribution in [0.5, 0.6) is 5.75 Å². The van der Waals surface area contributed by atoms with Crippen molar-refractivity contribution in [3.05, 3.63) is 93.2 Å². The molecule has 284 valence electrons. The summed E-state index contributed by atoms with van der Waals surface area (Å²) in [4.78, 5) is 42.0. The van der Waals surface area contributed by atoms with Crippen molar-refractivity contribution in [2.75, 3.05) is 31.2 Å². The lowest BCUT2D eigenvalue weighted by molar-refractivity contribution is 0.0995. The van der Waals surface area contributed by atoms with Crippen LogP contribution in [0.2, 0.25) is 10.0 Å². The number of aromatic nitrogens is 1. The number of ether oxygens (including phenoxy) is 1. The minimum atomic E-state index is -3.12. The highest BCUT2D eigenvalue weighted by Gasteiger charge is 2.60. The number of nitrogens with one attached hydrogen (secondary N) is 2. The molecule has 14 heteroatoms. The van der Waals surface area contributed by atoms with E-state index in [4.69, 9.17) is 37.9 Å². The van der Waals surface area contributed by atoms with E-state index in [0.29, 0.717) is 66.2 Å². The quantitative estimate of drug-likeness (QED) is 0.264. The molecule has 3 aliphatic rings. The molecular formula is C39H48Cl2N6O5S. The largest absolute Gasteiger partial charge is 0.493 e. The maximum Gasteiger partial charge on any atom is 0.326 e. The Hall–Kier alpha value is -3.87. The average molecular weight is 784 g/mol. The van der Waals surface area contributed by atoms with E-state index in [0.717, 1.165) is 16.8 Å². The molecule has 4 amide bonds. The highest BCUT2D eigenvalue weighted by Crippen LogP contribution is 2.54. The van der Waals surface area contributed by atoms with Gasteiger partial charge in [-0.2, -0.15) is 0 Å². The molecule has 2 saturated heterocycles. The van der Waals surface area contributed by atoms with E-state index in [1.807, 2.05) is 75.4 Å². The van der Waals surface area contributed by atoms with Gasteiger partial charge in [0.1, 0.15) is 22.7 Å². The third kappa shape index (κ3) is 7.73. The molecule has 0 saturated carbocycles. The van der Waals surface area contributed by atoms with Crippen molar-refractivity contribution < 1.29 is 22.7 Å². The Kier molecular flexibility index (Phi) is 10.8. The normalized spacial score (nSPS) is 24.5. The molecule has 2 fully saturated rings. The van der Waals surface area contributed by atoms with Gasteiger partial charge in [0.15, 0.2) is 9.84 Å². The summed E-state index contributed by atoms with van der Waals surface area (Å²) in [6.07, 6.45) is 3.19. The van der Waals surface area contributed by atoms with Gasteiger partial charge in [-0.15, -0.1) is 0 Å². The molecule has 11 nitrogen and oxygen atoms in total. The first-order valence-corrected chi connectivity index (χ1v) is 20.6. The van der Waals surface area contributed by atoms with Gasteiger partial charge in [0.05, 0.1) is 23.7 Å². The summed E-state index contributed by atoms with van der Waals surface area (Å²) in [5, 5.41) is 6.95. The summed E-state index contributed by atoms with van der Waals surface area (Å²) < 4.78 is 30.0. The summed E-state index contributed by atoms with van der Waals surface area (Å²) in [6, 6.07) is 15.8. The zero-order valence-corrected chi connectivity index (χ0v) is 33.4. The lowest BCUT2D eigenvalue weighted by Gasteiger charge is -2.47. The highest BCUT2D eigenvalue weighted by atomic mass is 35.5. The van der Waals surface area contributed by atoms with Crippen LogP contribution in [0, 0.1) is 0 Å². The number of nitrogens with zero attached hydrogens (tertiary/aromatic N) is 4. The monoisotopic (exact) mass is 782 g/mol. The second-order valence-corrected chi connectivity index (χ2v) is 18.5. The summed E-state index contributed by atoms with van der Waals surface area (Å²) in [6.45, 7) is 13.4. The first kappa shape index (κ1) is 38.8. The van der Waals surface area contributed by atoms with Crippen molar-refractivity contribution in [2.24, 2.45) is 4.99 Å². The van der Waals surface area contributed by atoms with Crippen molar-refractivity contribution in [2.45, 2.75) is 89.4 Å². The number of rotatable bonds is 7. The Morgan fingerprint density at radius 3 is 2.06 bits per heavy atom. The van der Waals surface area contributed by atoms with Crippen LogP contribution < -0.4 is 15.4 Å². The van der Waals surface area contributed by atoms with E-state index in [9.17, 15) is 13.2 Å². The van der Waals surface area contributed by atoms with Crippen LogP contribution in [0.4, 0.5) is 9.59 Å². The van der Waals surface area contributed by atoms with E-state index in [1.54, 1.807) is 16.0 Å². The first-order valence-electron chi connectivity index (χ1n) is 18.1. The molecule has 3 aromatic rings. The number of benzene rings is 2. The maximum absolute atomic E-state index is 15.2. The molecule has 0 radical (unpaired) electrons. The number of amidine groups is 1. The number of carbonyl (C=O) groups excluding carboxylic acids is 2. The number of urea groups is 2. The number of likely N-dealkylation sites (tertiary alicyclic amines) is 1. The van der Waals surface area contributed by atoms with Crippen molar-refractivity contribution in [3.63, 3.8) is 0 Å². The van der Waals surface area contributed by atoms with Gasteiger partial charge in [0.25, 0.3) is 0 Å². The van der Waals surface area contributed by atoms with Gasteiger partial charge in [-0.25, -0.2) is 18.0 Å². The standard InChI is InChI=1S/C39H48Cl2N6O5S/c1-7-52-32-22-33(37(2,3)4)42-23-31(32)34-45-38(5,25-8-12-27(40)13-9-25)39(6,26-10-14-28(41)15-11-26)47(34)36(49)46-19-16-29(17-20-46)43-35(48)44-30-18-21-53(50,51)24-30/h8-15,22-23,29-30H,7,16-21,24H2,1-6H3,(H2,43,44,48)/t30?,38-,39+/m0/s1. The number of piperidine rings is 1. The van der Waals surface area contributed by atoms with Crippen molar-refractivity contribution in [1.29, 1.82) is 0 Å². The Balaban J connectivity index is 1.39. The molecule has 53 heavy (non-hydrogen) atoms. The molecule has 4 heterocycles. The molecule has 6 rings (SSSR count). The van der Waals surface area contributed by atoms with E-state index in [2.05, 4.69) is 31.4 Å². The van der Waals surface area contributed by atoms with Gasteiger partial charge in [0.2, 0.25) is 0 Å². The zero-order valence-electron chi connectivity index (χ0n) is 31.1. The average Bonchev–Trinajstić information content (AvgIpc) is 3.57. The third-order valence-corrected chi connectivity index (χ3v) is 13.1. The lowest BCUT2D eigenvalue weighted by atomic mass is 9.71. The number of carbonyl (C=O) groups is 2. The topological polar surface area (TPSA) is 133 Å². The van der Waals surface area contributed by atoms with Crippen molar-refractivity contribution >= 4 is 50.9 Å². The minimum absolute atomic E-state index is 0.0477. The number of halogens is 2. The minimum Gasteiger partial charge on any atom is -0.493 e. The Morgan fingerprint density at radius 1 is 0.925 bits per heavy atom. The van der Waals surface area contributed by atoms with E-state index < -0.39 is 33.0 Å². The fraction of sp³-hybridized carbons (Fsp3) is 0.487. The van der Waals surface area contributed by atoms with Gasteiger partial charge < -0.3 is 20.3 Å². The summed E-state index contributed by atoms with van der Waals surface area (Å²) in [5.41, 5.74) is 0.758. The Morgan fingerprint density at radius 2 is 1.51 bits per heavy atom. The van der Waals surface area contributed by atoms with Gasteiger partial charge in [-0.05, 0) is 75.4 Å². The smallest absolute Gasteiger partial charge is 0.326 e. The molecule has 2 N–H and O–H groups in total. The molecule has 0 spiro atoms. The molecule has 3 atom stereocenters. The second-order valence-electron chi connectivity index (χ2n) is 15.4. The Labute approximate surface area is 322 Å². The maximum atomic E-state index is 15.2. The highest BCUT2D eigenvalue weighted by molar-refractivity contribution is 7.91. The molecular weight excluding hydrogens is 735 g/mol. The SMILES string of the molecule is CCOc1cc(C(C)(C)C)ncc1C1=N[C@@](C)(c2ccc(Cl)cc2)[C@@](C)(c2ccc(Cl)cc2)N1C(=O)N1CCC(NC(=O)NC2CCS(=O)(=O)C2)CC1. The fourth-order valence-electron chi connectivity index (χ4n) is 7.54. The number of hydrogen-bond donors (Lipinski definition) is 2. The predicted octanol–water partition coefficient (Wildman–Crippen LogP) is 7.05. The molecule has 3 aliphatic heterocycles. The van der Waals surface area contributed by atoms with Crippen LogP contribution >= 0.6 is 23.2 Å². The van der Waals surface area contributed by atoms with Crippen LogP contribution in [0.3, 0.4) is 0 Å². The van der Waals surface area contributed by atoms with Gasteiger partial charge in [-0.3, -0.25) is 14.9 Å². The number of sulfone groups is 1. The van der Waals surface area contributed by atoms with Crippen molar-refractivity contribution in [1.82, 2.24) is 25.4 Å². The number of amides is 4. The Bertz CT molecular complexity index is 2000. The molecule has 1 unspecified atom stereocenters.